The van der Waals surface area contributed by atoms with Gasteiger partial charge in [-0.15, -0.1) is 0 Å². The molecule has 30 heteroatoms. The van der Waals surface area contributed by atoms with Crippen molar-refractivity contribution in [3.63, 3.8) is 0 Å². The number of nitrogens with zero attached hydrogens (tertiary/aromatic N) is 8. The van der Waals surface area contributed by atoms with E-state index in [2.05, 4.69) is 72.9 Å². The summed E-state index contributed by atoms with van der Waals surface area (Å²) in [6, 6.07) is 78.4. The fourth-order valence-corrected chi connectivity index (χ4v) is 11.9. The van der Waals surface area contributed by atoms with Gasteiger partial charge in [0.2, 0.25) is 9.23 Å². The summed E-state index contributed by atoms with van der Waals surface area (Å²) in [4.78, 5) is 46.6. The van der Waals surface area contributed by atoms with Gasteiger partial charge in [0.15, 0.2) is 11.4 Å². The molecule has 0 aliphatic rings. The number of anilines is 3. The first-order chi connectivity index (χ1) is 57.3. The van der Waals surface area contributed by atoms with Gasteiger partial charge in [-0.25, -0.2) is 27.9 Å². The molecule has 3 amide bonds. The Balaban J connectivity index is 0.000000349. The van der Waals surface area contributed by atoms with E-state index in [4.69, 9.17) is 45.4 Å². The zero-order chi connectivity index (χ0) is 87.5. The number of nitrogens with one attached hydrogen (secondary N) is 5. The number of hydrogen-bond donors (Lipinski definition) is 13. The van der Waals surface area contributed by atoms with Crippen LogP contribution in [0.25, 0.3) is 26.8 Å². The van der Waals surface area contributed by atoms with Gasteiger partial charge in [-0.05, 0) is 218 Å². The molecule has 0 saturated carbocycles. The van der Waals surface area contributed by atoms with Crippen LogP contribution in [0.15, 0.2) is 255 Å². The van der Waals surface area contributed by atoms with Crippen molar-refractivity contribution in [1.82, 2.24) is 40.0 Å². The second kappa shape index (κ2) is 50.7. The van der Waals surface area contributed by atoms with Crippen LogP contribution < -0.4 is 79.1 Å². The summed E-state index contributed by atoms with van der Waals surface area (Å²) < 4.78 is 13.8. The smallest absolute Gasteiger partial charge is 1.00 e. The third-order valence-corrected chi connectivity index (χ3v) is 18.0. The molecule has 0 fully saturated rings. The summed E-state index contributed by atoms with van der Waals surface area (Å²) in [6.07, 6.45) is 2.64. The van der Waals surface area contributed by atoms with Crippen molar-refractivity contribution < 1.29 is 70.0 Å². The SMILES string of the molecule is CC(C)(N)CO.Cc1cc(C(=O)Nc2cccc(C(NC(C)(C)CO)c3ccccc3)c2)n(-c2cccc(CN)c2)n1.NCCCCCN.O=S(Cl)Cl.[B].[C-]#[N+]c1cccc(-n2nc(C)cc2C(=O)Nc2cccc(C(NC(C)(C)CO)c3ccccc3)c2)c1.[C-]#[N+]c1cccc(-n2nc(C)cc2C(=O)Nc2cccc(C(O)c3ccccc3)c2)c1.[H-].[Na+]. The fraction of sp³-hybridized carbons (Fsp3) is 0.261. The minimum absolute atomic E-state index is 0. The summed E-state index contributed by atoms with van der Waals surface area (Å²) in [5, 5.41) is 68.1. The third-order valence-electron chi connectivity index (χ3n) is 18.0. The van der Waals surface area contributed by atoms with Crippen molar-refractivity contribution in [1.29, 1.82) is 0 Å². The second-order valence-corrected chi connectivity index (χ2v) is 32.5. The maximum absolute atomic E-state index is 13.4. The number of aromatic nitrogens is 6. The number of rotatable bonds is 27. The molecule has 0 aliphatic heterocycles. The molecule has 633 valence electrons. The summed E-state index contributed by atoms with van der Waals surface area (Å²) in [7, 11) is 7.36. The number of aliphatic hydroxyl groups is 4. The first kappa shape index (κ1) is 102. The van der Waals surface area contributed by atoms with E-state index in [1.54, 1.807) is 102 Å². The molecule has 12 aromatic rings. The Morgan fingerprint density at radius 3 is 1.07 bits per heavy atom. The number of halogens is 2. The van der Waals surface area contributed by atoms with E-state index in [-0.39, 0.29) is 89.0 Å². The van der Waals surface area contributed by atoms with Crippen LogP contribution in [0.2, 0.25) is 0 Å². The number of carbonyl (C=O) groups is 3. The maximum atomic E-state index is 13.4. The molecule has 3 unspecified atom stereocenters. The van der Waals surface area contributed by atoms with Gasteiger partial charge >= 0.3 is 29.6 Å². The van der Waals surface area contributed by atoms with Gasteiger partial charge in [0.25, 0.3) is 17.7 Å². The fourth-order valence-electron chi connectivity index (χ4n) is 11.9. The molecule has 9 aromatic carbocycles. The van der Waals surface area contributed by atoms with Crippen molar-refractivity contribution in [2.24, 2.45) is 22.9 Å². The molecule has 12 rings (SSSR count). The molecule has 3 heterocycles. The number of unbranched alkanes of at least 4 members (excludes halogenated alkanes) is 2. The molecular formula is C92H108BCl2N17NaO8S. The van der Waals surface area contributed by atoms with E-state index in [1.165, 1.54) is 11.1 Å². The van der Waals surface area contributed by atoms with Crippen molar-refractivity contribution in [2.75, 3.05) is 48.9 Å². The standard InChI is InChI=1S/C29H29N5O2.C29H33N5O2.C25H20N4O2.C5H14N2.C4H11NO.B.Cl2OS.Na.H/c1-20-16-26(34(33-20)25-15-9-13-23(18-25)30-4)28(36)31-24-14-8-12-22(17-24)27(32-29(2,3)19-35)21-10-6-5-7-11-21;1-20-15-26(34(33-20)25-14-7-9-21(16-25)18-30)28(36)31-24-13-8-12-23(17-24)27(32-29(2,3)19-35)22-10-5-4-6-11-22;1-17-14-23(29(28-17)22-13-7-11-20(16-22)26-2)25(31)27-21-12-6-10-19(15-21)24(30)18-8-4-3-5-9-18;6-4-2-1-3-5-7;1-4(2,5)3-6;;1-4(2)3;;/h5-18,27,32,35H,19H2,1-3H3,(H,31,36);4-17,27,32,35H,18-19,30H2,1-3H3,(H,31,36);3-16,24,30H,1H3,(H,27,31);1-7H2;6H,3,5H2,1-2H3;;;;/q;;;;;;;+1;-1. The van der Waals surface area contributed by atoms with Gasteiger partial charge in [0, 0.05) is 70.0 Å². The van der Waals surface area contributed by atoms with Crippen LogP contribution in [-0.2, 0) is 15.8 Å². The van der Waals surface area contributed by atoms with Crippen LogP contribution in [0.5, 0.6) is 0 Å². The number of nitrogens with two attached hydrogens (primary N) is 4. The normalized spacial score (nSPS) is 11.6. The van der Waals surface area contributed by atoms with Gasteiger partial charge < -0.3 is 60.7 Å². The van der Waals surface area contributed by atoms with Crippen LogP contribution in [0.3, 0.4) is 0 Å². The zero-order valence-corrected chi connectivity index (χ0v) is 74.7. The number of aliphatic hydroxyl groups excluding tert-OH is 4. The average molecular weight is 1720 g/mol. The summed E-state index contributed by atoms with van der Waals surface area (Å²) in [5.74, 6) is -0.896. The summed E-state index contributed by atoms with van der Waals surface area (Å²) in [6.45, 7) is 33.4. The molecule has 3 radical (unpaired) electrons. The van der Waals surface area contributed by atoms with Crippen LogP contribution in [-0.4, -0.2) is 130 Å². The van der Waals surface area contributed by atoms with E-state index in [0.717, 1.165) is 70.7 Å². The first-order valence-electron chi connectivity index (χ1n) is 38.7. The van der Waals surface area contributed by atoms with Crippen molar-refractivity contribution >= 4 is 85.2 Å². The molecule has 0 aliphatic carbocycles. The number of hydrogen-bond acceptors (Lipinski definition) is 17. The molecule has 3 aromatic heterocycles. The van der Waals surface area contributed by atoms with Crippen molar-refractivity contribution in [2.45, 2.75) is 123 Å². The molecule has 17 N–H and O–H groups in total. The number of aryl methyl sites for hydroxylation is 3. The van der Waals surface area contributed by atoms with Crippen LogP contribution in [0.1, 0.15) is 168 Å². The quantitative estimate of drug-likeness (QED) is 0.00984. The van der Waals surface area contributed by atoms with E-state index in [0.29, 0.717) is 80.4 Å². The maximum Gasteiger partial charge on any atom is 1.00 e. The predicted molar refractivity (Wildman–Crippen MR) is 488 cm³/mol. The zero-order valence-electron chi connectivity index (χ0n) is 71.4. The topological polar surface area (TPSA) is 376 Å². The van der Waals surface area contributed by atoms with Crippen LogP contribution in [0, 0.1) is 33.9 Å². The van der Waals surface area contributed by atoms with Gasteiger partial charge in [-0.1, -0.05) is 170 Å². The van der Waals surface area contributed by atoms with Gasteiger partial charge in [0.1, 0.15) is 23.2 Å². The van der Waals surface area contributed by atoms with E-state index < -0.39 is 31.9 Å². The largest absolute Gasteiger partial charge is 1.00 e. The Kier molecular flexibility index (Phi) is 42.4. The monoisotopic (exact) mass is 1710 g/mol. The second-order valence-electron chi connectivity index (χ2n) is 30.0. The van der Waals surface area contributed by atoms with Gasteiger partial charge in [-0.2, -0.15) is 15.3 Å². The summed E-state index contributed by atoms with van der Waals surface area (Å²) in [5.41, 5.74) is 34.8. The molecule has 122 heavy (non-hydrogen) atoms. The van der Waals surface area contributed by atoms with E-state index >= 15 is 0 Å². The Morgan fingerprint density at radius 2 is 0.754 bits per heavy atom. The van der Waals surface area contributed by atoms with Gasteiger partial charge in [0.05, 0.1) is 79.2 Å². The minimum atomic E-state index is -1.67. The van der Waals surface area contributed by atoms with Crippen molar-refractivity contribution in [3.8, 4) is 17.1 Å². The Morgan fingerprint density at radius 1 is 0.451 bits per heavy atom. The first-order valence-corrected chi connectivity index (χ1v) is 41.5. The minimum Gasteiger partial charge on any atom is -1.00 e. The Bertz CT molecular complexity index is 5390. The van der Waals surface area contributed by atoms with Crippen LogP contribution in [0.4, 0.5) is 28.4 Å². The molecular weight excluding hydrogens is 1610 g/mol. The predicted octanol–water partition coefficient (Wildman–Crippen LogP) is 12.4. The molecule has 25 nitrogen and oxygen atoms in total. The number of benzene rings is 9. The van der Waals surface area contributed by atoms with Crippen molar-refractivity contribution in [3.05, 3.63) is 351 Å². The third kappa shape index (κ3) is 32.7. The Hall–Kier alpha value is -10.6. The van der Waals surface area contributed by atoms with Gasteiger partial charge in [-0.3, -0.25) is 25.0 Å². The van der Waals surface area contributed by atoms with E-state index in [1.807, 2.05) is 224 Å². The molecule has 3 atom stereocenters. The molecule has 0 spiro atoms. The van der Waals surface area contributed by atoms with Crippen LogP contribution >= 0.6 is 21.4 Å². The average Bonchev–Trinajstić information content (AvgIpc) is 1.75. The summed E-state index contributed by atoms with van der Waals surface area (Å²) >= 11 is 0. The number of carbonyl (C=O) groups excluding carboxylic acids is 3. The Labute approximate surface area is 752 Å². The molecule has 0 bridgehead atoms. The molecule has 0 saturated heterocycles. The van der Waals surface area contributed by atoms with E-state index in [9.17, 15) is 29.7 Å². The number of amides is 3.